The molecule has 0 unspecified atom stereocenters. The normalized spacial score (nSPS) is 12.3. The van der Waals surface area contributed by atoms with Gasteiger partial charge in [0.2, 0.25) is 5.91 Å². The molecule has 1 aromatic carbocycles. The van der Waals surface area contributed by atoms with E-state index >= 15 is 0 Å². The first-order valence-corrected chi connectivity index (χ1v) is 8.19. The molecule has 0 fully saturated rings. The number of nitrogens with one attached hydrogen (secondary N) is 1. The Morgan fingerprint density at radius 1 is 1.33 bits per heavy atom. The molecule has 4 nitrogen and oxygen atoms in total. The second-order valence-corrected chi connectivity index (χ2v) is 7.27. The van der Waals surface area contributed by atoms with E-state index in [2.05, 4.69) is 0 Å². The van der Waals surface area contributed by atoms with Crippen LogP contribution in [0, 0.1) is 6.92 Å². The van der Waals surface area contributed by atoms with Gasteiger partial charge < -0.3 is 5.32 Å². The summed E-state index contributed by atoms with van der Waals surface area (Å²) in [5.74, 6) is -1.38. The fourth-order valence-corrected chi connectivity index (χ4v) is 3.31. The van der Waals surface area contributed by atoms with Crippen molar-refractivity contribution in [3.63, 3.8) is 0 Å². The number of benzene rings is 1. The monoisotopic (exact) mass is 383 g/mol. The molecule has 118 valence electrons. The van der Waals surface area contributed by atoms with E-state index in [0.717, 1.165) is 6.07 Å². The standard InChI is InChI=1S/C10H7Cl3F3NO3S/c1-4-6(21(13,19)20)2-5(11)9(8(4)12)17-7(18)3-10(14,15)16/h2H,3H2,1H3,(H,17,18). The van der Waals surface area contributed by atoms with E-state index < -0.39 is 32.5 Å². The maximum atomic E-state index is 12.1. The van der Waals surface area contributed by atoms with Gasteiger partial charge in [-0.2, -0.15) is 13.2 Å². The Morgan fingerprint density at radius 3 is 2.29 bits per heavy atom. The highest BCUT2D eigenvalue weighted by molar-refractivity contribution is 8.13. The number of amides is 1. The largest absolute Gasteiger partial charge is 0.397 e. The topological polar surface area (TPSA) is 63.2 Å². The highest BCUT2D eigenvalue weighted by Crippen LogP contribution is 2.38. The fraction of sp³-hybridized carbons (Fsp3) is 0.300. The molecule has 0 aliphatic heterocycles. The zero-order chi connectivity index (χ0) is 16.6. The van der Waals surface area contributed by atoms with Crippen LogP contribution in [0.5, 0.6) is 0 Å². The summed E-state index contributed by atoms with van der Waals surface area (Å²) in [6, 6.07) is 0.897. The van der Waals surface area contributed by atoms with Crippen molar-refractivity contribution in [1.29, 1.82) is 0 Å². The van der Waals surface area contributed by atoms with Crippen molar-refractivity contribution in [3.05, 3.63) is 21.7 Å². The molecule has 1 rings (SSSR count). The number of alkyl halides is 3. The average molecular weight is 385 g/mol. The lowest BCUT2D eigenvalue weighted by Gasteiger charge is -2.14. The van der Waals surface area contributed by atoms with E-state index in [1.54, 1.807) is 0 Å². The van der Waals surface area contributed by atoms with Crippen molar-refractivity contribution >= 4 is 54.5 Å². The highest BCUT2D eigenvalue weighted by atomic mass is 35.7. The van der Waals surface area contributed by atoms with Gasteiger partial charge in [0, 0.05) is 10.7 Å². The third kappa shape index (κ3) is 4.91. The van der Waals surface area contributed by atoms with Crippen molar-refractivity contribution < 1.29 is 26.4 Å². The molecule has 0 bridgehead atoms. The van der Waals surface area contributed by atoms with E-state index in [9.17, 15) is 26.4 Å². The molecule has 0 radical (unpaired) electrons. The van der Waals surface area contributed by atoms with Gasteiger partial charge in [0.25, 0.3) is 9.05 Å². The molecule has 0 saturated heterocycles. The lowest BCUT2D eigenvalue weighted by atomic mass is 10.2. The van der Waals surface area contributed by atoms with Crippen molar-refractivity contribution in [2.24, 2.45) is 0 Å². The van der Waals surface area contributed by atoms with Crippen molar-refractivity contribution in [3.8, 4) is 0 Å². The molecule has 0 aliphatic rings. The number of rotatable bonds is 3. The fourth-order valence-electron chi connectivity index (χ4n) is 1.43. The highest BCUT2D eigenvalue weighted by Gasteiger charge is 2.32. The number of hydrogen-bond acceptors (Lipinski definition) is 3. The van der Waals surface area contributed by atoms with Crippen LogP contribution in [0.15, 0.2) is 11.0 Å². The van der Waals surface area contributed by atoms with Crippen LogP contribution < -0.4 is 5.32 Å². The lowest BCUT2D eigenvalue weighted by Crippen LogP contribution is -2.21. The van der Waals surface area contributed by atoms with Crippen LogP contribution >= 0.6 is 33.9 Å². The minimum Gasteiger partial charge on any atom is -0.323 e. The number of carbonyl (C=O) groups excluding carboxylic acids is 1. The van der Waals surface area contributed by atoms with E-state index in [4.69, 9.17) is 33.9 Å². The molecule has 0 aliphatic carbocycles. The maximum absolute atomic E-state index is 12.1. The summed E-state index contributed by atoms with van der Waals surface area (Å²) >= 11 is 11.5. The Morgan fingerprint density at radius 2 is 1.86 bits per heavy atom. The van der Waals surface area contributed by atoms with Crippen LogP contribution in [0.3, 0.4) is 0 Å². The SMILES string of the molecule is Cc1c(S(=O)(=O)Cl)cc(Cl)c(NC(=O)CC(F)(F)F)c1Cl. The van der Waals surface area contributed by atoms with Gasteiger partial charge in [0.1, 0.15) is 6.42 Å². The first kappa shape index (κ1) is 18.3. The number of carbonyl (C=O) groups is 1. The summed E-state index contributed by atoms with van der Waals surface area (Å²) in [4.78, 5) is 10.8. The smallest absolute Gasteiger partial charge is 0.323 e. The van der Waals surface area contributed by atoms with Gasteiger partial charge in [-0.25, -0.2) is 8.42 Å². The third-order valence-electron chi connectivity index (χ3n) is 2.30. The summed E-state index contributed by atoms with van der Waals surface area (Å²) in [6.45, 7) is 1.27. The third-order valence-corrected chi connectivity index (χ3v) is 4.52. The Balaban J connectivity index is 3.23. The van der Waals surface area contributed by atoms with Gasteiger partial charge in [-0.15, -0.1) is 0 Å². The minimum absolute atomic E-state index is 0.0432. The summed E-state index contributed by atoms with van der Waals surface area (Å²) in [5, 5.41) is 1.24. The van der Waals surface area contributed by atoms with Crippen LogP contribution in [0.4, 0.5) is 18.9 Å². The molecular weight excluding hydrogens is 378 g/mol. The van der Waals surface area contributed by atoms with Gasteiger partial charge in [-0.1, -0.05) is 23.2 Å². The first-order chi connectivity index (χ1) is 9.33. The maximum Gasteiger partial charge on any atom is 0.397 e. The van der Waals surface area contributed by atoms with Crippen molar-refractivity contribution in [2.75, 3.05) is 5.32 Å². The Kier molecular flexibility index (Phi) is 5.41. The van der Waals surface area contributed by atoms with E-state index in [0.29, 0.717) is 0 Å². The Labute approximate surface area is 132 Å². The molecule has 0 spiro atoms. The van der Waals surface area contributed by atoms with Gasteiger partial charge >= 0.3 is 6.18 Å². The second kappa shape index (κ2) is 6.20. The molecule has 11 heteroatoms. The number of anilines is 1. The molecule has 0 aromatic heterocycles. The van der Waals surface area contributed by atoms with Crippen LogP contribution in [0.2, 0.25) is 10.0 Å². The van der Waals surface area contributed by atoms with E-state index in [1.165, 1.54) is 6.92 Å². The molecule has 1 N–H and O–H groups in total. The molecule has 21 heavy (non-hydrogen) atoms. The summed E-state index contributed by atoms with van der Waals surface area (Å²) in [7, 11) is 1.03. The summed E-state index contributed by atoms with van der Waals surface area (Å²) in [5.41, 5.74) is -0.354. The molecule has 0 saturated carbocycles. The molecule has 1 amide bonds. The first-order valence-electron chi connectivity index (χ1n) is 5.13. The summed E-state index contributed by atoms with van der Waals surface area (Å²) in [6.07, 6.45) is -6.42. The molecule has 0 heterocycles. The predicted molar refractivity (Wildman–Crippen MR) is 73.5 cm³/mol. The van der Waals surface area contributed by atoms with Gasteiger partial charge in [-0.05, 0) is 18.6 Å². The van der Waals surface area contributed by atoms with E-state index in [1.807, 2.05) is 5.32 Å². The van der Waals surface area contributed by atoms with Crippen LogP contribution in [-0.2, 0) is 13.8 Å². The summed E-state index contributed by atoms with van der Waals surface area (Å²) < 4.78 is 58.8. The van der Waals surface area contributed by atoms with Gasteiger partial charge in [0.15, 0.2) is 0 Å². The van der Waals surface area contributed by atoms with Crippen molar-refractivity contribution in [1.82, 2.24) is 0 Å². The molecule has 0 atom stereocenters. The van der Waals surface area contributed by atoms with Crippen LogP contribution in [-0.4, -0.2) is 20.5 Å². The zero-order valence-electron chi connectivity index (χ0n) is 10.2. The molecular formula is C10H7Cl3F3NO3S. The Hall–Kier alpha value is -0.700. The lowest BCUT2D eigenvalue weighted by molar-refractivity contribution is -0.150. The molecule has 1 aromatic rings. The van der Waals surface area contributed by atoms with E-state index in [-0.39, 0.29) is 21.3 Å². The van der Waals surface area contributed by atoms with Gasteiger partial charge in [0.05, 0.1) is 20.6 Å². The van der Waals surface area contributed by atoms with Crippen molar-refractivity contribution in [2.45, 2.75) is 24.4 Å². The van der Waals surface area contributed by atoms with Crippen LogP contribution in [0.1, 0.15) is 12.0 Å². The zero-order valence-corrected chi connectivity index (χ0v) is 13.3. The average Bonchev–Trinajstić information content (AvgIpc) is 2.25. The quantitative estimate of drug-likeness (QED) is 0.797. The second-order valence-electron chi connectivity index (χ2n) is 3.95. The van der Waals surface area contributed by atoms with Crippen LogP contribution in [0.25, 0.3) is 0 Å². The predicted octanol–water partition coefficient (Wildman–Crippen LogP) is 4.12. The number of halogens is 6. The Bertz CT molecular complexity index is 689. The van der Waals surface area contributed by atoms with Gasteiger partial charge in [-0.3, -0.25) is 4.79 Å². The number of hydrogen-bond donors (Lipinski definition) is 1. The minimum atomic E-state index is -4.70.